The van der Waals surface area contributed by atoms with E-state index in [1.807, 2.05) is 60.7 Å². The van der Waals surface area contributed by atoms with Gasteiger partial charge in [0.25, 0.3) is 0 Å². The van der Waals surface area contributed by atoms with Gasteiger partial charge in [-0.1, -0.05) is 67.6 Å². The lowest BCUT2D eigenvalue weighted by molar-refractivity contribution is -0.141. The Morgan fingerprint density at radius 1 is 0.929 bits per heavy atom. The number of hydrogen-bond acceptors (Lipinski definition) is 4. The molecule has 0 spiro atoms. The van der Waals surface area contributed by atoms with Crippen LogP contribution in [0.2, 0.25) is 0 Å². The molecule has 2 rings (SSSR count). The van der Waals surface area contributed by atoms with E-state index < -0.39 is 0 Å². The van der Waals surface area contributed by atoms with E-state index in [0.29, 0.717) is 25.2 Å². The fraction of sp³-hybridized carbons (Fsp3) is 0.348. The van der Waals surface area contributed by atoms with E-state index in [4.69, 9.17) is 4.74 Å². The van der Waals surface area contributed by atoms with Gasteiger partial charge >= 0.3 is 5.97 Å². The van der Waals surface area contributed by atoms with Crippen LogP contribution >= 0.6 is 0 Å². The maximum atomic E-state index is 12.3. The molecule has 0 aromatic heterocycles. The number of carbonyl (C=O) groups excluding carboxylic acids is 2. The number of rotatable bonds is 11. The van der Waals surface area contributed by atoms with Crippen molar-refractivity contribution in [2.45, 2.75) is 32.6 Å². The Hall–Kier alpha value is -2.95. The highest BCUT2D eigenvalue weighted by molar-refractivity contribution is 6.02. The number of hydrogen-bond donors (Lipinski definition) is 1. The van der Waals surface area contributed by atoms with Crippen molar-refractivity contribution in [2.75, 3.05) is 19.7 Å². The molecule has 0 heterocycles. The molecule has 2 aromatic carbocycles. The number of aliphatic imine (C=N–C) groups is 1. The molecule has 0 fully saturated rings. The molecule has 28 heavy (non-hydrogen) atoms. The number of benzene rings is 2. The Morgan fingerprint density at radius 2 is 1.54 bits per heavy atom. The summed E-state index contributed by atoms with van der Waals surface area (Å²) in [5.41, 5.74) is 2.95. The van der Waals surface area contributed by atoms with E-state index >= 15 is 0 Å². The third-order valence-electron chi connectivity index (χ3n) is 4.21. The van der Waals surface area contributed by atoms with Crippen LogP contribution in [0.25, 0.3) is 0 Å². The van der Waals surface area contributed by atoms with Crippen molar-refractivity contribution < 1.29 is 14.3 Å². The second kappa shape index (κ2) is 12.4. The monoisotopic (exact) mass is 380 g/mol. The predicted molar refractivity (Wildman–Crippen MR) is 111 cm³/mol. The third kappa shape index (κ3) is 8.62. The number of carbonyl (C=O) groups is 2. The van der Waals surface area contributed by atoms with Gasteiger partial charge < -0.3 is 10.1 Å². The zero-order valence-electron chi connectivity index (χ0n) is 16.4. The zero-order chi connectivity index (χ0) is 20.0. The summed E-state index contributed by atoms with van der Waals surface area (Å²) in [5, 5.41) is 2.91. The van der Waals surface area contributed by atoms with E-state index in [-0.39, 0.29) is 24.9 Å². The second-order valence-corrected chi connectivity index (χ2v) is 6.46. The minimum absolute atomic E-state index is 0.0631. The molecule has 2 aromatic rings. The lowest BCUT2D eigenvalue weighted by Crippen LogP contribution is -2.29. The number of nitrogens with zero attached hydrogens (tertiary/aromatic N) is 1. The SMILES string of the molecule is CCC(=O)OCC(CC(=O)NCCc1ccccc1)=NCCc1ccccc1. The molecule has 5 heteroatoms. The van der Waals surface area contributed by atoms with Crippen molar-refractivity contribution in [2.24, 2.45) is 4.99 Å². The van der Waals surface area contributed by atoms with Gasteiger partial charge in [0.2, 0.25) is 5.91 Å². The molecule has 1 amide bonds. The van der Waals surface area contributed by atoms with Crippen LogP contribution in [-0.4, -0.2) is 37.3 Å². The average Bonchev–Trinajstić information content (AvgIpc) is 2.73. The summed E-state index contributed by atoms with van der Waals surface area (Å²) in [5.74, 6) is -0.401. The van der Waals surface area contributed by atoms with Gasteiger partial charge in [0, 0.05) is 19.5 Å². The molecule has 0 radical (unpaired) electrons. The van der Waals surface area contributed by atoms with Gasteiger partial charge in [-0.2, -0.15) is 0 Å². The summed E-state index contributed by atoms with van der Waals surface area (Å²) in [6.07, 6.45) is 2.00. The molecule has 0 unspecified atom stereocenters. The number of nitrogens with one attached hydrogen (secondary N) is 1. The highest BCUT2D eigenvalue weighted by Crippen LogP contribution is 2.02. The smallest absolute Gasteiger partial charge is 0.305 e. The van der Waals surface area contributed by atoms with Crippen molar-refractivity contribution in [3.05, 3.63) is 71.8 Å². The van der Waals surface area contributed by atoms with Crippen LogP contribution in [0.3, 0.4) is 0 Å². The first-order valence-electron chi connectivity index (χ1n) is 9.69. The molecule has 1 N–H and O–H groups in total. The normalized spacial score (nSPS) is 11.1. The van der Waals surface area contributed by atoms with Crippen molar-refractivity contribution in [1.29, 1.82) is 0 Å². The first-order valence-corrected chi connectivity index (χ1v) is 9.69. The fourth-order valence-electron chi connectivity index (χ4n) is 2.64. The molecule has 0 aliphatic carbocycles. The quantitative estimate of drug-likeness (QED) is 0.480. The van der Waals surface area contributed by atoms with Gasteiger partial charge in [-0.05, 0) is 24.0 Å². The lowest BCUT2D eigenvalue weighted by Gasteiger charge is -2.09. The number of amides is 1. The highest BCUT2D eigenvalue weighted by atomic mass is 16.5. The highest BCUT2D eigenvalue weighted by Gasteiger charge is 2.10. The topological polar surface area (TPSA) is 67.8 Å². The molecule has 148 valence electrons. The average molecular weight is 380 g/mol. The van der Waals surface area contributed by atoms with Crippen molar-refractivity contribution in [3.8, 4) is 0 Å². The molecule has 0 aliphatic heterocycles. The van der Waals surface area contributed by atoms with Crippen molar-refractivity contribution in [3.63, 3.8) is 0 Å². The largest absolute Gasteiger partial charge is 0.460 e. The fourth-order valence-corrected chi connectivity index (χ4v) is 2.64. The Bertz CT molecular complexity index is 758. The van der Waals surface area contributed by atoms with Crippen LogP contribution in [0.1, 0.15) is 30.9 Å². The summed E-state index contributed by atoms with van der Waals surface area (Å²) >= 11 is 0. The van der Waals surface area contributed by atoms with Crippen LogP contribution in [-0.2, 0) is 27.2 Å². The van der Waals surface area contributed by atoms with E-state index in [9.17, 15) is 9.59 Å². The molecule has 5 nitrogen and oxygen atoms in total. The van der Waals surface area contributed by atoms with Gasteiger partial charge in [0.05, 0.1) is 12.1 Å². The number of ether oxygens (including phenoxy) is 1. The predicted octanol–water partition coefficient (Wildman–Crippen LogP) is 3.37. The standard InChI is InChI=1S/C23H28N2O3/c1-2-23(27)28-18-21(24-15-13-19-9-5-3-6-10-19)17-22(26)25-16-14-20-11-7-4-8-12-20/h3-12H,2,13-18H2,1H3,(H,25,26). The summed E-state index contributed by atoms with van der Waals surface area (Å²) in [7, 11) is 0. The molecule has 0 atom stereocenters. The molecular weight excluding hydrogens is 352 g/mol. The Balaban J connectivity index is 1.83. The van der Waals surface area contributed by atoms with Crippen LogP contribution in [0.5, 0.6) is 0 Å². The summed E-state index contributed by atoms with van der Waals surface area (Å²) in [6.45, 7) is 2.92. The molecule has 0 saturated carbocycles. The Kier molecular flexibility index (Phi) is 9.49. The molecule has 0 saturated heterocycles. The summed E-state index contributed by atoms with van der Waals surface area (Å²) in [6, 6.07) is 20.0. The molecular formula is C23H28N2O3. The van der Waals surface area contributed by atoms with E-state index in [1.54, 1.807) is 6.92 Å². The lowest BCUT2D eigenvalue weighted by atomic mass is 10.1. The van der Waals surface area contributed by atoms with Gasteiger partial charge in [-0.15, -0.1) is 0 Å². The van der Waals surface area contributed by atoms with Gasteiger partial charge in [0.1, 0.15) is 6.61 Å². The first kappa shape index (κ1) is 21.4. The molecule has 0 bridgehead atoms. The van der Waals surface area contributed by atoms with E-state index in [1.165, 1.54) is 11.1 Å². The maximum Gasteiger partial charge on any atom is 0.305 e. The van der Waals surface area contributed by atoms with Gasteiger partial charge in [-0.3, -0.25) is 14.6 Å². The van der Waals surface area contributed by atoms with Crippen molar-refractivity contribution >= 4 is 17.6 Å². The second-order valence-electron chi connectivity index (χ2n) is 6.46. The first-order chi connectivity index (χ1) is 13.7. The van der Waals surface area contributed by atoms with Crippen LogP contribution in [0, 0.1) is 0 Å². The minimum atomic E-state index is -0.291. The number of esters is 1. The van der Waals surface area contributed by atoms with Crippen molar-refractivity contribution in [1.82, 2.24) is 5.32 Å². The Labute approximate surface area is 166 Å². The van der Waals surface area contributed by atoms with E-state index in [2.05, 4.69) is 10.3 Å². The molecule has 0 aliphatic rings. The summed E-state index contributed by atoms with van der Waals surface area (Å²) in [4.78, 5) is 28.2. The maximum absolute atomic E-state index is 12.3. The van der Waals surface area contributed by atoms with Gasteiger partial charge in [-0.25, -0.2) is 0 Å². The zero-order valence-corrected chi connectivity index (χ0v) is 16.4. The van der Waals surface area contributed by atoms with Gasteiger partial charge in [0.15, 0.2) is 0 Å². The van der Waals surface area contributed by atoms with Crippen LogP contribution in [0.15, 0.2) is 65.7 Å². The van der Waals surface area contributed by atoms with Crippen LogP contribution < -0.4 is 5.32 Å². The minimum Gasteiger partial charge on any atom is -0.460 e. The van der Waals surface area contributed by atoms with E-state index in [0.717, 1.165) is 12.8 Å². The van der Waals surface area contributed by atoms with Crippen LogP contribution in [0.4, 0.5) is 0 Å². The Morgan fingerprint density at radius 3 is 2.14 bits per heavy atom. The third-order valence-corrected chi connectivity index (χ3v) is 4.21. The summed E-state index contributed by atoms with van der Waals surface area (Å²) < 4.78 is 5.18.